The van der Waals surface area contributed by atoms with Crippen molar-refractivity contribution in [2.45, 2.75) is 0 Å². The van der Waals surface area contributed by atoms with Crippen molar-refractivity contribution < 1.29 is 0 Å². The number of hydrogen-bond donors (Lipinski definition) is 1. The Morgan fingerprint density at radius 3 is 2.73 bits per heavy atom. The predicted molar refractivity (Wildman–Crippen MR) is 94.9 cm³/mol. The van der Waals surface area contributed by atoms with Gasteiger partial charge in [-0.25, -0.2) is 9.97 Å². The summed E-state index contributed by atoms with van der Waals surface area (Å²) in [6, 6.07) is 9.89. The van der Waals surface area contributed by atoms with Gasteiger partial charge in [0.25, 0.3) is 0 Å². The molecule has 0 bridgehead atoms. The molecule has 0 unspecified atom stereocenters. The topological polar surface area (TPSA) is 41.0 Å². The maximum Gasteiger partial charge on any atom is 0.173 e. The van der Waals surface area contributed by atoms with Crippen molar-refractivity contribution in [3.8, 4) is 10.7 Å². The normalized spacial score (nSPS) is 11.3. The highest BCUT2D eigenvalue weighted by Crippen LogP contribution is 2.33. The number of rotatable bonds is 5. The average molecular weight is 333 g/mol. The van der Waals surface area contributed by atoms with Crippen molar-refractivity contribution in [3.05, 3.63) is 40.7 Å². The van der Waals surface area contributed by atoms with E-state index in [-0.39, 0.29) is 0 Å². The van der Waals surface area contributed by atoms with E-state index in [1.54, 1.807) is 11.3 Å². The lowest BCUT2D eigenvalue weighted by Crippen LogP contribution is -2.21. The number of benzene rings is 1. The third-order valence-corrected chi connectivity index (χ3v) is 4.61. The average Bonchev–Trinajstić information content (AvgIpc) is 2.93. The van der Waals surface area contributed by atoms with E-state index in [0.717, 1.165) is 34.7 Å². The molecule has 3 aromatic rings. The predicted octanol–water partition coefficient (Wildman–Crippen LogP) is 3.99. The Morgan fingerprint density at radius 1 is 1.18 bits per heavy atom. The molecule has 0 saturated heterocycles. The molecule has 0 radical (unpaired) electrons. The van der Waals surface area contributed by atoms with Gasteiger partial charge in [-0.15, -0.1) is 11.3 Å². The van der Waals surface area contributed by atoms with Crippen LogP contribution in [0.25, 0.3) is 21.6 Å². The highest BCUT2D eigenvalue weighted by molar-refractivity contribution is 7.14. The number of anilines is 1. The fourth-order valence-electron chi connectivity index (χ4n) is 2.16. The minimum atomic E-state index is 0.672. The molecule has 4 nitrogen and oxygen atoms in total. The van der Waals surface area contributed by atoms with Gasteiger partial charge in [-0.3, -0.25) is 0 Å². The first-order valence-corrected chi connectivity index (χ1v) is 8.29. The summed E-state index contributed by atoms with van der Waals surface area (Å²) < 4.78 is 0. The van der Waals surface area contributed by atoms with E-state index >= 15 is 0 Å². The van der Waals surface area contributed by atoms with Crippen molar-refractivity contribution >= 4 is 39.7 Å². The van der Waals surface area contributed by atoms with Crippen LogP contribution in [0, 0.1) is 0 Å². The highest BCUT2D eigenvalue weighted by atomic mass is 35.5. The van der Waals surface area contributed by atoms with E-state index in [9.17, 15) is 0 Å². The van der Waals surface area contributed by atoms with E-state index < -0.39 is 0 Å². The summed E-state index contributed by atoms with van der Waals surface area (Å²) >= 11 is 7.78. The Bertz CT molecular complexity index is 785. The van der Waals surface area contributed by atoms with Crippen molar-refractivity contribution in [1.82, 2.24) is 14.9 Å². The van der Waals surface area contributed by atoms with Gasteiger partial charge in [0, 0.05) is 18.5 Å². The van der Waals surface area contributed by atoms with Crippen LogP contribution in [0.3, 0.4) is 0 Å². The van der Waals surface area contributed by atoms with Crippen molar-refractivity contribution in [2.75, 3.05) is 32.5 Å². The summed E-state index contributed by atoms with van der Waals surface area (Å²) in [5, 5.41) is 7.08. The third kappa shape index (κ3) is 3.21. The maximum absolute atomic E-state index is 6.23. The van der Waals surface area contributed by atoms with E-state index in [2.05, 4.69) is 34.3 Å². The van der Waals surface area contributed by atoms with Crippen molar-refractivity contribution in [3.63, 3.8) is 0 Å². The second-order valence-corrected chi connectivity index (χ2v) is 6.56. The molecule has 0 aliphatic carbocycles. The van der Waals surface area contributed by atoms with Gasteiger partial charge in [0.15, 0.2) is 5.82 Å². The fraction of sp³-hybridized carbons (Fsp3) is 0.250. The summed E-state index contributed by atoms with van der Waals surface area (Å²) in [7, 11) is 4.10. The lowest BCUT2D eigenvalue weighted by molar-refractivity contribution is 0.425. The van der Waals surface area contributed by atoms with Crippen LogP contribution >= 0.6 is 22.9 Å². The number of fused-ring (bicyclic) bond motifs is 1. The fourth-order valence-corrected chi connectivity index (χ4v) is 3.24. The largest absolute Gasteiger partial charge is 0.368 e. The van der Waals surface area contributed by atoms with Gasteiger partial charge < -0.3 is 10.2 Å². The lowest BCUT2D eigenvalue weighted by Gasteiger charge is -2.13. The van der Waals surface area contributed by atoms with Crippen LogP contribution in [-0.2, 0) is 0 Å². The molecule has 0 spiro atoms. The molecule has 0 aliphatic heterocycles. The molecule has 0 fully saturated rings. The van der Waals surface area contributed by atoms with E-state index in [4.69, 9.17) is 11.6 Å². The molecule has 22 heavy (non-hydrogen) atoms. The zero-order chi connectivity index (χ0) is 15.5. The quantitative estimate of drug-likeness (QED) is 0.767. The third-order valence-electron chi connectivity index (χ3n) is 3.27. The van der Waals surface area contributed by atoms with Crippen LogP contribution in [0.5, 0.6) is 0 Å². The summed E-state index contributed by atoms with van der Waals surface area (Å²) in [6.45, 7) is 1.76. The number of nitrogens with zero attached hydrogens (tertiary/aromatic N) is 3. The van der Waals surface area contributed by atoms with Gasteiger partial charge in [0.2, 0.25) is 0 Å². The number of likely N-dealkylation sites (N-methyl/N-ethyl adjacent to an activating group) is 1. The Morgan fingerprint density at radius 2 is 2.00 bits per heavy atom. The van der Waals surface area contributed by atoms with Gasteiger partial charge in [-0.1, -0.05) is 23.7 Å². The standard InChI is InChI=1S/C16H17ClN4S/c1-21(2)9-8-18-15-11-5-3-4-6-13(11)19-16(20-15)14-12(17)7-10-22-14/h3-7,10H,8-9H2,1-2H3,(H,18,19,20). The minimum Gasteiger partial charge on any atom is -0.368 e. The molecule has 2 heterocycles. The number of halogens is 1. The molecular weight excluding hydrogens is 316 g/mol. The molecule has 0 saturated carbocycles. The smallest absolute Gasteiger partial charge is 0.173 e. The molecule has 0 amide bonds. The second-order valence-electron chi connectivity index (χ2n) is 5.24. The lowest BCUT2D eigenvalue weighted by atomic mass is 10.2. The molecule has 6 heteroatoms. The van der Waals surface area contributed by atoms with Gasteiger partial charge in [0.05, 0.1) is 15.4 Å². The second kappa shape index (κ2) is 6.60. The first-order valence-electron chi connectivity index (χ1n) is 7.04. The summed E-state index contributed by atoms with van der Waals surface area (Å²) in [5.41, 5.74) is 0.921. The van der Waals surface area contributed by atoms with Gasteiger partial charge >= 0.3 is 0 Å². The molecule has 1 aromatic carbocycles. The maximum atomic E-state index is 6.23. The van der Waals surface area contributed by atoms with Gasteiger partial charge in [0.1, 0.15) is 5.82 Å². The van der Waals surface area contributed by atoms with Crippen LogP contribution < -0.4 is 5.32 Å². The number of aromatic nitrogens is 2. The SMILES string of the molecule is CN(C)CCNc1nc(-c2sccc2Cl)nc2ccccc12. The van der Waals surface area contributed by atoms with E-state index in [1.807, 2.05) is 35.7 Å². The van der Waals surface area contributed by atoms with E-state index in [0.29, 0.717) is 10.8 Å². The highest BCUT2D eigenvalue weighted by Gasteiger charge is 2.12. The Labute approximate surface area is 138 Å². The summed E-state index contributed by atoms with van der Waals surface area (Å²) in [5.74, 6) is 1.53. The Balaban J connectivity index is 2.03. The van der Waals surface area contributed by atoms with Crippen molar-refractivity contribution in [2.24, 2.45) is 0 Å². The molecule has 0 aliphatic rings. The molecule has 0 atom stereocenters. The molecule has 3 rings (SSSR count). The Kier molecular flexibility index (Phi) is 4.57. The first kappa shape index (κ1) is 15.2. The zero-order valence-electron chi connectivity index (χ0n) is 12.5. The summed E-state index contributed by atoms with van der Waals surface area (Å²) in [6.07, 6.45) is 0. The van der Waals surface area contributed by atoms with Gasteiger partial charge in [-0.05, 0) is 37.7 Å². The molecule has 114 valence electrons. The monoisotopic (exact) mass is 332 g/mol. The van der Waals surface area contributed by atoms with Crippen LogP contribution in [0.2, 0.25) is 5.02 Å². The number of para-hydroxylation sites is 1. The molecular formula is C16H17ClN4S. The number of nitrogens with one attached hydrogen (secondary N) is 1. The molecule has 1 N–H and O–H groups in total. The summed E-state index contributed by atoms with van der Waals surface area (Å²) in [4.78, 5) is 12.4. The van der Waals surface area contributed by atoms with Crippen LogP contribution in [0.15, 0.2) is 35.7 Å². The van der Waals surface area contributed by atoms with Gasteiger partial charge in [-0.2, -0.15) is 0 Å². The zero-order valence-corrected chi connectivity index (χ0v) is 14.1. The Hall–Kier alpha value is -1.69. The van der Waals surface area contributed by atoms with Crippen LogP contribution in [0.1, 0.15) is 0 Å². The first-order chi connectivity index (χ1) is 10.6. The minimum absolute atomic E-state index is 0.672. The van der Waals surface area contributed by atoms with Crippen LogP contribution in [0.4, 0.5) is 5.82 Å². The van der Waals surface area contributed by atoms with E-state index in [1.165, 1.54) is 0 Å². The molecule has 2 aromatic heterocycles. The number of hydrogen-bond acceptors (Lipinski definition) is 5. The van der Waals surface area contributed by atoms with Crippen LogP contribution in [-0.4, -0.2) is 42.1 Å². The number of thiophene rings is 1. The van der Waals surface area contributed by atoms with Crippen molar-refractivity contribution in [1.29, 1.82) is 0 Å².